The smallest absolute Gasteiger partial charge is 0.264 e. The van der Waals surface area contributed by atoms with Gasteiger partial charge in [-0.25, -0.2) is 12.8 Å². The molecule has 214 valence electrons. The molecule has 0 fully saturated rings. The van der Waals surface area contributed by atoms with Crippen molar-refractivity contribution in [1.29, 1.82) is 0 Å². The van der Waals surface area contributed by atoms with Gasteiger partial charge in [-0.15, -0.1) is 0 Å². The largest absolute Gasteiger partial charge is 0.354 e. The van der Waals surface area contributed by atoms with Gasteiger partial charge in [0.15, 0.2) is 0 Å². The normalized spacial score (nSPS) is 12.0. The summed E-state index contributed by atoms with van der Waals surface area (Å²) in [6, 6.07) is 17.4. The van der Waals surface area contributed by atoms with Gasteiger partial charge in [0, 0.05) is 18.1 Å². The number of anilines is 1. The summed E-state index contributed by atoms with van der Waals surface area (Å²) >= 11 is 5.99. The maximum absolute atomic E-state index is 14.0. The zero-order valence-electron chi connectivity index (χ0n) is 22.9. The van der Waals surface area contributed by atoms with Crippen molar-refractivity contribution in [2.75, 3.05) is 17.4 Å². The highest BCUT2D eigenvalue weighted by molar-refractivity contribution is 7.92. The van der Waals surface area contributed by atoms with Crippen LogP contribution in [0.1, 0.15) is 44.2 Å². The molecule has 7 nitrogen and oxygen atoms in total. The van der Waals surface area contributed by atoms with Crippen LogP contribution in [0.25, 0.3) is 0 Å². The molecule has 1 atom stereocenters. The van der Waals surface area contributed by atoms with E-state index < -0.39 is 34.3 Å². The first-order chi connectivity index (χ1) is 19.1. The minimum Gasteiger partial charge on any atom is -0.354 e. The van der Waals surface area contributed by atoms with Crippen LogP contribution in [0.4, 0.5) is 10.1 Å². The number of sulfonamides is 1. The van der Waals surface area contributed by atoms with Crippen molar-refractivity contribution in [2.45, 2.75) is 57.5 Å². The molecule has 0 aliphatic rings. The predicted molar refractivity (Wildman–Crippen MR) is 156 cm³/mol. The summed E-state index contributed by atoms with van der Waals surface area (Å²) < 4.78 is 42.4. The molecular weight excluding hydrogens is 553 g/mol. The van der Waals surface area contributed by atoms with Crippen molar-refractivity contribution < 1.29 is 22.4 Å². The van der Waals surface area contributed by atoms with E-state index in [1.807, 2.05) is 6.92 Å². The molecule has 0 spiro atoms. The minimum atomic E-state index is -4.19. The highest BCUT2D eigenvalue weighted by Crippen LogP contribution is 2.28. The molecule has 3 aromatic rings. The summed E-state index contributed by atoms with van der Waals surface area (Å²) in [5.74, 6) is -1.32. The van der Waals surface area contributed by atoms with Crippen LogP contribution in [-0.4, -0.2) is 44.3 Å². The SMILES string of the molecule is CCCCNC(=O)[C@H](CC)N(Cc1ccc(F)cc1)C(=O)CN(c1ccccc1C)S(=O)(=O)c1ccc(Cl)cc1. The molecule has 0 aliphatic heterocycles. The number of amides is 2. The van der Waals surface area contributed by atoms with Gasteiger partial charge < -0.3 is 10.2 Å². The molecule has 0 bridgehead atoms. The van der Waals surface area contributed by atoms with Crippen LogP contribution in [0.5, 0.6) is 0 Å². The number of hydrogen-bond acceptors (Lipinski definition) is 4. The summed E-state index contributed by atoms with van der Waals surface area (Å²) in [5.41, 5.74) is 1.60. The van der Waals surface area contributed by atoms with Crippen LogP contribution in [0.3, 0.4) is 0 Å². The third-order valence-corrected chi connectivity index (χ3v) is 8.57. The molecule has 0 saturated carbocycles. The van der Waals surface area contributed by atoms with E-state index in [4.69, 9.17) is 11.6 Å². The maximum Gasteiger partial charge on any atom is 0.264 e. The van der Waals surface area contributed by atoms with Crippen molar-refractivity contribution in [3.05, 3.63) is 94.8 Å². The van der Waals surface area contributed by atoms with Gasteiger partial charge >= 0.3 is 0 Å². The Kier molecular flexibility index (Phi) is 11.1. The Bertz CT molecular complexity index is 1400. The Morgan fingerprint density at radius 2 is 1.62 bits per heavy atom. The minimum absolute atomic E-state index is 0.00141. The van der Waals surface area contributed by atoms with E-state index in [2.05, 4.69) is 5.32 Å². The monoisotopic (exact) mass is 587 g/mol. The molecule has 3 rings (SSSR count). The number of carbonyl (C=O) groups is 2. The summed E-state index contributed by atoms with van der Waals surface area (Å²) in [7, 11) is -4.19. The average molecular weight is 588 g/mol. The van der Waals surface area contributed by atoms with E-state index in [1.54, 1.807) is 50.2 Å². The maximum atomic E-state index is 14.0. The standard InChI is InChI=1S/C30H35ClFN3O4S/c1-4-6-19-33-30(37)27(5-2)34(20-23-11-15-25(32)16-12-23)29(36)21-35(28-10-8-7-9-22(28)3)40(38,39)26-17-13-24(31)14-18-26/h7-18,27H,4-6,19-21H2,1-3H3,(H,33,37)/t27-/m0/s1. The number of halogens is 2. The Hall–Kier alpha value is -3.43. The van der Waals surface area contributed by atoms with Gasteiger partial charge in [-0.05, 0) is 73.4 Å². The number of hydrogen-bond donors (Lipinski definition) is 1. The quantitative estimate of drug-likeness (QED) is 0.260. The van der Waals surface area contributed by atoms with Crippen molar-refractivity contribution in [3.8, 4) is 0 Å². The Morgan fingerprint density at radius 1 is 0.975 bits per heavy atom. The van der Waals surface area contributed by atoms with Crippen molar-refractivity contribution >= 4 is 39.1 Å². The Balaban J connectivity index is 2.04. The third kappa shape index (κ3) is 7.82. The van der Waals surface area contributed by atoms with E-state index in [-0.39, 0.29) is 17.3 Å². The number of unbranched alkanes of at least 4 members (excludes halogenated alkanes) is 1. The number of nitrogens with zero attached hydrogens (tertiary/aromatic N) is 2. The number of para-hydroxylation sites is 1. The van der Waals surface area contributed by atoms with Crippen LogP contribution in [0.2, 0.25) is 5.02 Å². The molecule has 0 radical (unpaired) electrons. The summed E-state index contributed by atoms with van der Waals surface area (Å²) in [5, 5.41) is 3.26. The van der Waals surface area contributed by atoms with Crippen LogP contribution >= 0.6 is 11.6 Å². The molecule has 0 saturated heterocycles. The fourth-order valence-electron chi connectivity index (χ4n) is 4.30. The fraction of sp³-hybridized carbons (Fsp3) is 0.333. The van der Waals surface area contributed by atoms with Gasteiger partial charge in [-0.2, -0.15) is 0 Å². The van der Waals surface area contributed by atoms with Crippen LogP contribution in [0.15, 0.2) is 77.7 Å². The van der Waals surface area contributed by atoms with E-state index in [1.165, 1.54) is 41.3 Å². The molecule has 0 aromatic heterocycles. The highest BCUT2D eigenvalue weighted by atomic mass is 35.5. The topological polar surface area (TPSA) is 86.8 Å². The average Bonchev–Trinajstić information content (AvgIpc) is 2.93. The summed E-state index contributed by atoms with van der Waals surface area (Å²) in [6.07, 6.45) is 1.98. The molecule has 0 unspecified atom stereocenters. The Labute approximate surface area is 241 Å². The molecule has 10 heteroatoms. The second kappa shape index (κ2) is 14.3. The number of nitrogens with one attached hydrogen (secondary N) is 1. The van der Waals surface area contributed by atoms with E-state index >= 15 is 0 Å². The number of carbonyl (C=O) groups excluding carboxylic acids is 2. The number of rotatable bonds is 13. The van der Waals surface area contributed by atoms with Crippen LogP contribution in [-0.2, 0) is 26.2 Å². The first-order valence-corrected chi connectivity index (χ1v) is 15.1. The highest BCUT2D eigenvalue weighted by Gasteiger charge is 2.34. The lowest BCUT2D eigenvalue weighted by Gasteiger charge is -2.33. The lowest BCUT2D eigenvalue weighted by atomic mass is 10.1. The molecule has 0 aliphatic carbocycles. The van der Waals surface area contributed by atoms with E-state index in [9.17, 15) is 22.4 Å². The number of aryl methyl sites for hydroxylation is 1. The molecular formula is C30H35ClFN3O4S. The van der Waals surface area contributed by atoms with Crippen molar-refractivity contribution in [3.63, 3.8) is 0 Å². The van der Waals surface area contributed by atoms with Crippen molar-refractivity contribution in [1.82, 2.24) is 10.2 Å². The number of benzene rings is 3. The molecule has 2 amide bonds. The van der Waals surface area contributed by atoms with E-state index in [0.717, 1.165) is 17.1 Å². The zero-order chi connectivity index (χ0) is 29.3. The lowest BCUT2D eigenvalue weighted by Crippen LogP contribution is -2.52. The third-order valence-electron chi connectivity index (χ3n) is 6.55. The van der Waals surface area contributed by atoms with Gasteiger partial charge in [0.2, 0.25) is 11.8 Å². The van der Waals surface area contributed by atoms with Crippen molar-refractivity contribution in [2.24, 2.45) is 0 Å². The Morgan fingerprint density at radius 3 is 2.23 bits per heavy atom. The van der Waals surface area contributed by atoms with Crippen LogP contribution in [0, 0.1) is 12.7 Å². The second-order valence-electron chi connectivity index (χ2n) is 9.47. The van der Waals surface area contributed by atoms with Crippen LogP contribution < -0.4 is 9.62 Å². The molecule has 3 aromatic carbocycles. The molecule has 40 heavy (non-hydrogen) atoms. The first-order valence-electron chi connectivity index (χ1n) is 13.2. The predicted octanol–water partition coefficient (Wildman–Crippen LogP) is 5.71. The summed E-state index contributed by atoms with van der Waals surface area (Å²) in [4.78, 5) is 28.6. The van der Waals surface area contributed by atoms with Gasteiger partial charge in [-0.3, -0.25) is 13.9 Å². The van der Waals surface area contributed by atoms with Gasteiger partial charge in [0.05, 0.1) is 10.6 Å². The van der Waals surface area contributed by atoms with Gasteiger partial charge in [0.25, 0.3) is 10.0 Å². The van der Waals surface area contributed by atoms with Gasteiger partial charge in [0.1, 0.15) is 18.4 Å². The summed E-state index contributed by atoms with van der Waals surface area (Å²) in [6.45, 7) is 5.48. The fourth-order valence-corrected chi connectivity index (χ4v) is 5.91. The lowest BCUT2D eigenvalue weighted by molar-refractivity contribution is -0.140. The van der Waals surface area contributed by atoms with Gasteiger partial charge in [-0.1, -0.05) is 62.2 Å². The zero-order valence-corrected chi connectivity index (χ0v) is 24.5. The van der Waals surface area contributed by atoms with E-state index in [0.29, 0.717) is 34.8 Å². The second-order valence-corrected chi connectivity index (χ2v) is 11.8. The first kappa shape index (κ1) is 31.1. The molecule has 0 heterocycles. The molecule has 1 N–H and O–H groups in total.